The Bertz CT molecular complexity index is 1130. The molecular formula is C21H24N4O4. The van der Waals surface area contributed by atoms with Crippen LogP contribution in [-0.2, 0) is 11.3 Å². The molecule has 8 nitrogen and oxygen atoms in total. The molecule has 1 aromatic heterocycles. The van der Waals surface area contributed by atoms with E-state index in [9.17, 15) is 14.4 Å². The van der Waals surface area contributed by atoms with Gasteiger partial charge >= 0.3 is 0 Å². The highest BCUT2D eigenvalue weighted by Gasteiger charge is 2.19. The number of amides is 1. The minimum absolute atomic E-state index is 0.123. The van der Waals surface area contributed by atoms with Crippen molar-refractivity contribution >= 4 is 16.7 Å². The fraction of sp³-hybridized carbons (Fsp3) is 0.286. The Labute approximate surface area is 167 Å². The highest BCUT2D eigenvalue weighted by Crippen LogP contribution is 2.27. The lowest BCUT2D eigenvalue weighted by molar-refractivity contribution is -0.122. The van der Waals surface area contributed by atoms with Crippen molar-refractivity contribution < 1.29 is 9.53 Å². The van der Waals surface area contributed by atoms with Crippen molar-refractivity contribution in [3.05, 3.63) is 74.8 Å². The number of H-pyrrole nitrogens is 1. The maximum Gasteiger partial charge on any atom is 0.273 e. The number of hydrogen-bond donors (Lipinski definition) is 2. The first-order valence-electron chi connectivity index (χ1n) is 9.20. The van der Waals surface area contributed by atoms with Gasteiger partial charge < -0.3 is 15.0 Å². The number of aromatic amines is 1. The Morgan fingerprint density at radius 1 is 1.10 bits per heavy atom. The van der Waals surface area contributed by atoms with Crippen LogP contribution < -0.4 is 21.2 Å². The normalized spacial score (nSPS) is 12.1. The average molecular weight is 396 g/mol. The van der Waals surface area contributed by atoms with Crippen LogP contribution in [0.4, 0.5) is 0 Å². The average Bonchev–Trinajstić information content (AvgIpc) is 2.72. The van der Waals surface area contributed by atoms with Gasteiger partial charge in [-0.1, -0.05) is 30.3 Å². The van der Waals surface area contributed by atoms with Crippen molar-refractivity contribution in [1.29, 1.82) is 0 Å². The van der Waals surface area contributed by atoms with Crippen molar-refractivity contribution in [3.8, 4) is 5.75 Å². The van der Waals surface area contributed by atoms with E-state index in [0.29, 0.717) is 11.9 Å². The molecule has 2 aromatic carbocycles. The fourth-order valence-corrected chi connectivity index (χ4v) is 3.28. The number of carbonyl (C=O) groups excluding carboxylic acids is 1. The molecule has 2 N–H and O–H groups in total. The van der Waals surface area contributed by atoms with Crippen molar-refractivity contribution in [3.63, 3.8) is 0 Å². The summed E-state index contributed by atoms with van der Waals surface area (Å²) in [5, 5.41) is 5.89. The van der Waals surface area contributed by atoms with Crippen LogP contribution in [0.3, 0.4) is 0 Å². The number of methoxy groups -OCH3 is 1. The first-order valence-corrected chi connectivity index (χ1v) is 9.20. The number of likely N-dealkylation sites (N-methyl/N-ethyl adjacent to an activating group) is 1. The summed E-state index contributed by atoms with van der Waals surface area (Å²) in [5.74, 6) is 0.357. The van der Waals surface area contributed by atoms with Gasteiger partial charge in [0.05, 0.1) is 23.9 Å². The molecule has 1 heterocycles. The van der Waals surface area contributed by atoms with E-state index in [1.807, 2.05) is 43.3 Å². The highest BCUT2D eigenvalue weighted by atomic mass is 16.5. The molecule has 0 radical (unpaired) electrons. The molecule has 0 aliphatic rings. The van der Waals surface area contributed by atoms with Crippen LogP contribution in [0.15, 0.2) is 58.1 Å². The first kappa shape index (κ1) is 20.3. The van der Waals surface area contributed by atoms with Crippen LogP contribution in [0, 0.1) is 0 Å². The van der Waals surface area contributed by atoms with E-state index in [-0.39, 0.29) is 23.9 Å². The number of hydrogen-bond acceptors (Lipinski definition) is 5. The van der Waals surface area contributed by atoms with Gasteiger partial charge in [-0.2, -0.15) is 0 Å². The number of fused-ring (bicyclic) bond motifs is 1. The lowest BCUT2D eigenvalue weighted by Crippen LogP contribution is -2.39. The number of rotatable bonds is 7. The number of aromatic nitrogens is 2. The third-order valence-corrected chi connectivity index (χ3v) is 4.80. The van der Waals surface area contributed by atoms with E-state index in [4.69, 9.17) is 4.74 Å². The Kier molecular flexibility index (Phi) is 6.13. The lowest BCUT2D eigenvalue weighted by atomic mass is 10.0. The third kappa shape index (κ3) is 4.38. The molecule has 29 heavy (non-hydrogen) atoms. The third-order valence-electron chi connectivity index (χ3n) is 4.80. The molecule has 1 unspecified atom stereocenters. The molecule has 0 spiro atoms. The quantitative estimate of drug-likeness (QED) is 0.624. The van der Waals surface area contributed by atoms with Crippen LogP contribution in [0.1, 0.15) is 11.6 Å². The number of nitrogens with zero attached hydrogens (tertiary/aromatic N) is 2. The maximum atomic E-state index is 12.6. The number of nitrogens with one attached hydrogen (secondary N) is 2. The summed E-state index contributed by atoms with van der Waals surface area (Å²) >= 11 is 0. The highest BCUT2D eigenvalue weighted by molar-refractivity contribution is 5.81. The van der Waals surface area contributed by atoms with Gasteiger partial charge in [0, 0.05) is 12.1 Å². The minimum Gasteiger partial charge on any atom is -0.496 e. The Hall–Kier alpha value is -3.39. The molecule has 0 aliphatic heterocycles. The van der Waals surface area contributed by atoms with Crippen LogP contribution in [0.25, 0.3) is 10.8 Å². The molecule has 0 saturated carbocycles. The number of para-hydroxylation sites is 1. The minimum atomic E-state index is -0.413. The zero-order valence-electron chi connectivity index (χ0n) is 16.6. The van der Waals surface area contributed by atoms with Gasteiger partial charge in [-0.15, -0.1) is 0 Å². The standard InChI is InChI=1S/C21H24N4O4/c1-24(2)17(16-10-6-7-11-18(16)29-3)12-22-19(26)13-25-21(28)15-9-5-4-8-14(15)20(27)23-25/h4-11,17H,12-13H2,1-3H3,(H,22,26)(H,23,27). The smallest absolute Gasteiger partial charge is 0.273 e. The lowest BCUT2D eigenvalue weighted by Gasteiger charge is -2.26. The van der Waals surface area contributed by atoms with Gasteiger partial charge in [-0.05, 0) is 32.3 Å². The molecule has 8 heteroatoms. The summed E-state index contributed by atoms with van der Waals surface area (Å²) in [5.41, 5.74) is 0.119. The molecule has 1 atom stereocenters. The monoisotopic (exact) mass is 396 g/mol. The second-order valence-electron chi connectivity index (χ2n) is 6.90. The Morgan fingerprint density at radius 3 is 2.45 bits per heavy atom. The first-order chi connectivity index (χ1) is 13.9. The van der Waals surface area contributed by atoms with E-state index in [1.165, 1.54) is 0 Å². The largest absolute Gasteiger partial charge is 0.496 e. The van der Waals surface area contributed by atoms with E-state index < -0.39 is 11.1 Å². The Morgan fingerprint density at radius 2 is 1.76 bits per heavy atom. The molecular weight excluding hydrogens is 372 g/mol. The number of carbonyl (C=O) groups is 1. The van der Waals surface area contributed by atoms with Crippen molar-refractivity contribution in [2.24, 2.45) is 0 Å². The Balaban J connectivity index is 1.77. The predicted octanol–water partition coefficient (Wildman–Crippen LogP) is 1.12. The molecule has 3 aromatic rings. The van der Waals surface area contributed by atoms with Crippen molar-refractivity contribution in [1.82, 2.24) is 20.0 Å². The summed E-state index contributed by atoms with van der Waals surface area (Å²) in [6.45, 7) is 0.0454. The van der Waals surface area contributed by atoms with E-state index in [0.717, 1.165) is 16.0 Å². The van der Waals surface area contributed by atoms with E-state index >= 15 is 0 Å². The van der Waals surface area contributed by atoms with E-state index in [1.54, 1.807) is 31.4 Å². The maximum absolute atomic E-state index is 12.6. The van der Waals surface area contributed by atoms with Crippen molar-refractivity contribution in [2.75, 3.05) is 27.7 Å². The second-order valence-corrected chi connectivity index (χ2v) is 6.90. The number of ether oxygens (including phenoxy) is 1. The van der Waals surface area contributed by atoms with Crippen LogP contribution in [0.5, 0.6) is 5.75 Å². The molecule has 0 aliphatic carbocycles. The molecule has 1 amide bonds. The predicted molar refractivity (Wildman–Crippen MR) is 111 cm³/mol. The zero-order chi connectivity index (χ0) is 21.0. The van der Waals surface area contributed by atoms with Gasteiger partial charge in [-0.25, -0.2) is 4.68 Å². The molecule has 0 saturated heterocycles. The summed E-state index contributed by atoms with van der Waals surface area (Å²) in [6, 6.07) is 14.0. The topological polar surface area (TPSA) is 96.4 Å². The SMILES string of the molecule is COc1ccccc1C(CNC(=O)Cn1[nH]c(=O)c2ccccc2c1=O)N(C)C. The van der Waals surface area contributed by atoms with Gasteiger partial charge in [0.2, 0.25) is 5.91 Å². The molecule has 152 valence electrons. The van der Waals surface area contributed by atoms with Crippen molar-refractivity contribution in [2.45, 2.75) is 12.6 Å². The number of benzene rings is 2. The molecule has 0 fully saturated rings. The van der Waals surface area contributed by atoms with Gasteiger partial charge in [-0.3, -0.25) is 19.5 Å². The van der Waals surface area contributed by atoms with Gasteiger partial charge in [0.1, 0.15) is 12.3 Å². The fourth-order valence-electron chi connectivity index (χ4n) is 3.28. The zero-order valence-corrected chi connectivity index (χ0v) is 16.6. The van der Waals surface area contributed by atoms with E-state index in [2.05, 4.69) is 10.4 Å². The molecule has 0 bridgehead atoms. The van der Waals surface area contributed by atoms with Crippen LogP contribution >= 0.6 is 0 Å². The second kappa shape index (κ2) is 8.74. The van der Waals surface area contributed by atoms with Crippen LogP contribution in [-0.4, -0.2) is 48.3 Å². The van der Waals surface area contributed by atoms with Gasteiger partial charge in [0.15, 0.2) is 0 Å². The molecule has 3 rings (SSSR count). The summed E-state index contributed by atoms with van der Waals surface area (Å²) < 4.78 is 6.46. The van der Waals surface area contributed by atoms with Gasteiger partial charge in [0.25, 0.3) is 11.1 Å². The summed E-state index contributed by atoms with van der Waals surface area (Å²) in [7, 11) is 5.43. The van der Waals surface area contributed by atoms with Crippen LogP contribution in [0.2, 0.25) is 0 Å². The summed E-state index contributed by atoms with van der Waals surface area (Å²) in [4.78, 5) is 39.2. The summed E-state index contributed by atoms with van der Waals surface area (Å²) in [6.07, 6.45) is 0.